The van der Waals surface area contributed by atoms with Crippen LogP contribution < -0.4 is 0 Å². The first-order valence-corrected chi connectivity index (χ1v) is 6.02. The first-order valence-electron chi connectivity index (χ1n) is 6.02. The topological polar surface area (TPSA) is 26.3 Å². The zero-order chi connectivity index (χ0) is 12.8. The molecule has 0 heterocycles. The molecule has 0 saturated heterocycles. The van der Waals surface area contributed by atoms with E-state index in [9.17, 15) is 9.18 Å². The molecule has 0 saturated carbocycles. The van der Waals surface area contributed by atoms with E-state index in [0.717, 1.165) is 24.0 Å². The Hall–Kier alpha value is -1.38. The van der Waals surface area contributed by atoms with E-state index in [1.165, 1.54) is 12.1 Å². The van der Waals surface area contributed by atoms with Gasteiger partial charge in [0.25, 0.3) is 0 Å². The highest BCUT2D eigenvalue weighted by Gasteiger charge is 2.22. The summed E-state index contributed by atoms with van der Waals surface area (Å²) in [5, 5.41) is 0. The van der Waals surface area contributed by atoms with Gasteiger partial charge in [-0.15, -0.1) is 0 Å². The van der Waals surface area contributed by atoms with Gasteiger partial charge >= 0.3 is 5.97 Å². The van der Waals surface area contributed by atoms with E-state index >= 15 is 0 Å². The molecule has 0 aromatic heterocycles. The number of hydrogen-bond donors (Lipinski definition) is 0. The van der Waals surface area contributed by atoms with Gasteiger partial charge in [0.1, 0.15) is 5.82 Å². The van der Waals surface area contributed by atoms with Crippen molar-refractivity contribution >= 4 is 5.97 Å². The average Bonchev–Trinajstić information content (AvgIpc) is 2.27. The summed E-state index contributed by atoms with van der Waals surface area (Å²) in [4.78, 5) is 11.9. The number of aryl methyl sites for hydroxylation is 1. The van der Waals surface area contributed by atoms with Crippen molar-refractivity contribution in [3.05, 3.63) is 35.1 Å². The monoisotopic (exact) mass is 238 g/mol. The molecule has 0 N–H and O–H groups in total. The van der Waals surface area contributed by atoms with Gasteiger partial charge in [-0.3, -0.25) is 4.79 Å². The summed E-state index contributed by atoms with van der Waals surface area (Å²) in [6.07, 6.45) is 1.62. The van der Waals surface area contributed by atoms with Crippen molar-refractivity contribution in [2.45, 2.75) is 39.5 Å². The van der Waals surface area contributed by atoms with Gasteiger partial charge in [-0.1, -0.05) is 19.4 Å². The van der Waals surface area contributed by atoms with Crippen LogP contribution in [0, 0.1) is 12.7 Å². The predicted octanol–water partition coefficient (Wildman–Crippen LogP) is 3.58. The quantitative estimate of drug-likeness (QED) is 0.733. The first-order chi connectivity index (χ1) is 8.10. The minimum atomic E-state index is -0.277. The van der Waals surface area contributed by atoms with Crippen LogP contribution in [0.5, 0.6) is 0 Å². The Morgan fingerprint density at radius 1 is 1.41 bits per heavy atom. The number of carbonyl (C=O) groups excluding carboxylic acids is 1. The molecule has 0 radical (unpaired) electrons. The fraction of sp³-hybridized carbons (Fsp3) is 0.500. The van der Waals surface area contributed by atoms with Crippen LogP contribution in [0.15, 0.2) is 18.2 Å². The number of halogens is 1. The second kappa shape index (κ2) is 6.38. The number of benzene rings is 1. The van der Waals surface area contributed by atoms with Gasteiger partial charge in [0, 0.05) is 0 Å². The third-order valence-corrected chi connectivity index (χ3v) is 2.76. The first kappa shape index (κ1) is 13.7. The predicted molar refractivity (Wildman–Crippen MR) is 65.4 cm³/mol. The van der Waals surface area contributed by atoms with Crippen LogP contribution in [-0.2, 0) is 9.53 Å². The molecule has 1 aromatic carbocycles. The van der Waals surface area contributed by atoms with Gasteiger partial charge in [-0.05, 0) is 43.5 Å². The molecule has 94 valence electrons. The Morgan fingerprint density at radius 3 is 2.65 bits per heavy atom. The Bertz CT molecular complexity index is 388. The van der Waals surface area contributed by atoms with E-state index in [4.69, 9.17) is 4.74 Å². The summed E-state index contributed by atoms with van der Waals surface area (Å²) in [7, 11) is 0. The summed E-state index contributed by atoms with van der Waals surface area (Å²) in [6.45, 7) is 6.00. The van der Waals surface area contributed by atoms with Crippen LogP contribution in [0.2, 0.25) is 0 Å². The van der Waals surface area contributed by atoms with Gasteiger partial charge in [-0.25, -0.2) is 4.39 Å². The fourth-order valence-electron chi connectivity index (χ4n) is 1.96. The van der Waals surface area contributed by atoms with E-state index in [1.807, 2.05) is 13.8 Å². The van der Waals surface area contributed by atoms with Gasteiger partial charge < -0.3 is 4.74 Å². The number of ether oxygens (including phenoxy) is 1. The van der Waals surface area contributed by atoms with Crippen LogP contribution in [0.1, 0.15) is 43.7 Å². The van der Waals surface area contributed by atoms with Crippen molar-refractivity contribution < 1.29 is 13.9 Å². The van der Waals surface area contributed by atoms with Crippen molar-refractivity contribution in [2.75, 3.05) is 6.61 Å². The Labute approximate surface area is 102 Å². The van der Waals surface area contributed by atoms with E-state index in [1.54, 1.807) is 13.0 Å². The molecule has 0 amide bonds. The molecule has 0 spiro atoms. The lowest BCUT2D eigenvalue weighted by atomic mass is 9.91. The summed E-state index contributed by atoms with van der Waals surface area (Å²) in [5.41, 5.74) is 1.67. The van der Waals surface area contributed by atoms with Gasteiger partial charge in [0.15, 0.2) is 0 Å². The van der Waals surface area contributed by atoms with Crippen molar-refractivity contribution in [2.24, 2.45) is 0 Å². The maximum atomic E-state index is 13.0. The zero-order valence-corrected chi connectivity index (χ0v) is 10.6. The molecule has 1 atom stereocenters. The summed E-state index contributed by atoms with van der Waals surface area (Å²) >= 11 is 0. The maximum Gasteiger partial charge on any atom is 0.313 e. The normalized spacial score (nSPS) is 12.2. The molecule has 2 nitrogen and oxygen atoms in total. The van der Waals surface area contributed by atoms with Gasteiger partial charge in [0.05, 0.1) is 12.5 Å². The molecular formula is C14H19FO2. The molecule has 1 rings (SSSR count). The number of hydrogen-bond acceptors (Lipinski definition) is 2. The number of carbonyl (C=O) groups is 1. The lowest BCUT2D eigenvalue weighted by Gasteiger charge is -2.17. The zero-order valence-electron chi connectivity index (χ0n) is 10.6. The highest BCUT2D eigenvalue weighted by molar-refractivity contribution is 5.78. The van der Waals surface area contributed by atoms with Crippen molar-refractivity contribution in [1.29, 1.82) is 0 Å². The van der Waals surface area contributed by atoms with Crippen LogP contribution in [0.4, 0.5) is 4.39 Å². The van der Waals surface area contributed by atoms with E-state index in [-0.39, 0.29) is 17.7 Å². The highest BCUT2D eigenvalue weighted by Crippen LogP contribution is 2.26. The molecule has 0 aliphatic heterocycles. The SMILES string of the molecule is CCCC(C(=O)OCC)c1ccc(F)cc1C. The molecular weight excluding hydrogens is 219 g/mol. The number of esters is 1. The third-order valence-electron chi connectivity index (χ3n) is 2.76. The fourth-order valence-corrected chi connectivity index (χ4v) is 1.96. The van der Waals surface area contributed by atoms with Crippen LogP contribution >= 0.6 is 0 Å². The summed E-state index contributed by atoms with van der Waals surface area (Å²) in [6, 6.07) is 4.53. The van der Waals surface area contributed by atoms with Crippen LogP contribution in [-0.4, -0.2) is 12.6 Å². The second-order valence-corrected chi connectivity index (χ2v) is 4.09. The molecule has 17 heavy (non-hydrogen) atoms. The molecule has 1 aromatic rings. The number of rotatable bonds is 5. The van der Waals surface area contributed by atoms with Crippen LogP contribution in [0.25, 0.3) is 0 Å². The summed E-state index contributed by atoms with van der Waals surface area (Å²) < 4.78 is 18.1. The largest absolute Gasteiger partial charge is 0.466 e. The van der Waals surface area contributed by atoms with Gasteiger partial charge in [0.2, 0.25) is 0 Å². The lowest BCUT2D eigenvalue weighted by Crippen LogP contribution is -2.17. The Balaban J connectivity index is 3.00. The third kappa shape index (κ3) is 3.55. The minimum Gasteiger partial charge on any atom is -0.466 e. The van der Waals surface area contributed by atoms with Gasteiger partial charge in [-0.2, -0.15) is 0 Å². The van der Waals surface area contributed by atoms with E-state index in [2.05, 4.69) is 0 Å². The van der Waals surface area contributed by atoms with E-state index in [0.29, 0.717) is 6.61 Å². The van der Waals surface area contributed by atoms with Crippen molar-refractivity contribution in [1.82, 2.24) is 0 Å². The maximum absolute atomic E-state index is 13.0. The molecule has 0 bridgehead atoms. The molecule has 1 unspecified atom stereocenters. The van der Waals surface area contributed by atoms with E-state index < -0.39 is 0 Å². The standard InChI is InChI=1S/C14H19FO2/c1-4-6-13(14(16)17-5-2)12-8-7-11(15)9-10(12)3/h7-9,13H,4-6H2,1-3H3. The smallest absolute Gasteiger partial charge is 0.313 e. The Morgan fingerprint density at radius 2 is 2.12 bits per heavy atom. The molecule has 0 aliphatic carbocycles. The minimum absolute atomic E-state index is 0.218. The van der Waals surface area contributed by atoms with Crippen LogP contribution in [0.3, 0.4) is 0 Å². The molecule has 0 aliphatic rings. The average molecular weight is 238 g/mol. The highest BCUT2D eigenvalue weighted by atomic mass is 19.1. The lowest BCUT2D eigenvalue weighted by molar-refractivity contribution is -0.145. The second-order valence-electron chi connectivity index (χ2n) is 4.09. The van der Waals surface area contributed by atoms with Crippen molar-refractivity contribution in [3.8, 4) is 0 Å². The summed E-state index contributed by atoms with van der Waals surface area (Å²) in [5.74, 6) is -0.769. The van der Waals surface area contributed by atoms with Crippen molar-refractivity contribution in [3.63, 3.8) is 0 Å². The molecule has 3 heteroatoms. The Kier molecular flexibility index (Phi) is 5.13. The molecule has 0 fully saturated rings.